The summed E-state index contributed by atoms with van der Waals surface area (Å²) in [6, 6.07) is 6.69. The van der Waals surface area contributed by atoms with Gasteiger partial charge in [-0.15, -0.1) is 5.10 Å². The van der Waals surface area contributed by atoms with Gasteiger partial charge in [0.05, 0.1) is 24.0 Å². The first-order chi connectivity index (χ1) is 11.0. The Morgan fingerprint density at radius 3 is 2.61 bits per heavy atom. The van der Waals surface area contributed by atoms with Crippen molar-refractivity contribution in [2.24, 2.45) is 0 Å². The summed E-state index contributed by atoms with van der Waals surface area (Å²) in [5.41, 5.74) is 3.40. The van der Waals surface area contributed by atoms with E-state index in [9.17, 15) is 0 Å². The normalized spacial score (nSPS) is 18.5. The Morgan fingerprint density at radius 1 is 1.17 bits per heavy atom. The lowest BCUT2D eigenvalue weighted by atomic mass is 10.1. The van der Waals surface area contributed by atoms with Crippen LogP contribution in [0.25, 0.3) is 0 Å². The second-order valence-electron chi connectivity index (χ2n) is 6.56. The highest BCUT2D eigenvalue weighted by molar-refractivity contribution is 5.35. The van der Waals surface area contributed by atoms with Gasteiger partial charge in [0.25, 0.3) is 0 Å². The molecule has 6 heteroatoms. The van der Waals surface area contributed by atoms with E-state index in [-0.39, 0.29) is 0 Å². The number of aryl methyl sites for hydroxylation is 2. The lowest BCUT2D eigenvalue weighted by Gasteiger charge is -2.24. The summed E-state index contributed by atoms with van der Waals surface area (Å²) in [4.78, 5) is 4.49. The van der Waals surface area contributed by atoms with E-state index >= 15 is 0 Å². The van der Waals surface area contributed by atoms with Gasteiger partial charge in [0.1, 0.15) is 0 Å². The molecule has 0 amide bonds. The van der Waals surface area contributed by atoms with Crippen LogP contribution in [0.3, 0.4) is 0 Å². The van der Waals surface area contributed by atoms with Crippen LogP contribution >= 0.6 is 0 Å². The molecular weight excluding hydrogens is 288 g/mol. The van der Waals surface area contributed by atoms with E-state index in [2.05, 4.69) is 50.0 Å². The van der Waals surface area contributed by atoms with Crippen molar-refractivity contribution in [3.05, 3.63) is 35.3 Å². The standard InChI is InChI=1S/C17H26N6/c1-13-12-14(2)23(20-13)11-10-22-9-5-6-16(22)15-7-8-17(19-18-15)21(3)4/h7-8,12,16H,5-6,9-11H2,1-4H3. The lowest BCUT2D eigenvalue weighted by molar-refractivity contribution is 0.237. The number of anilines is 1. The molecule has 1 saturated heterocycles. The molecular formula is C17H26N6. The van der Waals surface area contributed by atoms with Crippen molar-refractivity contribution in [3.63, 3.8) is 0 Å². The Bertz CT molecular complexity index is 646. The Balaban J connectivity index is 1.66. The van der Waals surface area contributed by atoms with E-state index in [0.717, 1.165) is 43.3 Å². The second kappa shape index (κ2) is 6.66. The van der Waals surface area contributed by atoms with Crippen LogP contribution in [-0.4, -0.2) is 52.1 Å². The molecule has 0 aliphatic carbocycles. The third-order valence-electron chi connectivity index (χ3n) is 4.54. The van der Waals surface area contributed by atoms with E-state index in [1.807, 2.05) is 25.9 Å². The molecule has 0 N–H and O–H groups in total. The van der Waals surface area contributed by atoms with Crippen molar-refractivity contribution in [2.75, 3.05) is 32.1 Å². The van der Waals surface area contributed by atoms with Crippen LogP contribution in [0, 0.1) is 13.8 Å². The van der Waals surface area contributed by atoms with E-state index in [1.54, 1.807) is 0 Å². The van der Waals surface area contributed by atoms with Crippen molar-refractivity contribution in [1.29, 1.82) is 0 Å². The van der Waals surface area contributed by atoms with E-state index in [0.29, 0.717) is 6.04 Å². The summed E-state index contributed by atoms with van der Waals surface area (Å²) < 4.78 is 2.10. The van der Waals surface area contributed by atoms with Crippen molar-refractivity contribution in [2.45, 2.75) is 39.3 Å². The number of rotatable bonds is 5. The Labute approximate surface area is 138 Å². The van der Waals surface area contributed by atoms with Crippen LogP contribution in [0.5, 0.6) is 0 Å². The van der Waals surface area contributed by atoms with Crippen LogP contribution in [0.1, 0.15) is 36.0 Å². The first-order valence-electron chi connectivity index (χ1n) is 8.30. The Kier molecular flexibility index (Phi) is 4.61. The van der Waals surface area contributed by atoms with Gasteiger partial charge in [-0.1, -0.05) is 0 Å². The summed E-state index contributed by atoms with van der Waals surface area (Å²) in [6.45, 7) is 7.22. The number of nitrogens with zero attached hydrogens (tertiary/aromatic N) is 6. The van der Waals surface area contributed by atoms with Crippen LogP contribution in [0.15, 0.2) is 18.2 Å². The fourth-order valence-corrected chi connectivity index (χ4v) is 3.30. The fourth-order valence-electron chi connectivity index (χ4n) is 3.30. The second-order valence-corrected chi connectivity index (χ2v) is 6.56. The maximum absolute atomic E-state index is 4.56. The predicted molar refractivity (Wildman–Crippen MR) is 91.6 cm³/mol. The first kappa shape index (κ1) is 15.9. The molecule has 2 aromatic heterocycles. The molecule has 0 bridgehead atoms. The molecule has 0 spiro atoms. The number of hydrogen-bond acceptors (Lipinski definition) is 5. The molecule has 1 fully saturated rings. The van der Waals surface area contributed by atoms with Gasteiger partial charge in [-0.05, 0) is 51.4 Å². The van der Waals surface area contributed by atoms with Crippen molar-refractivity contribution >= 4 is 5.82 Å². The number of aromatic nitrogens is 4. The molecule has 1 atom stereocenters. The zero-order valence-electron chi connectivity index (χ0n) is 14.5. The van der Waals surface area contributed by atoms with Gasteiger partial charge in [0.2, 0.25) is 0 Å². The van der Waals surface area contributed by atoms with E-state index in [1.165, 1.54) is 12.1 Å². The highest BCUT2D eigenvalue weighted by atomic mass is 15.3. The predicted octanol–water partition coefficient (Wildman–Crippen LogP) is 2.19. The number of hydrogen-bond donors (Lipinski definition) is 0. The SMILES string of the molecule is Cc1cc(C)n(CCN2CCCC2c2ccc(N(C)C)nn2)n1. The largest absolute Gasteiger partial charge is 0.361 e. The minimum atomic E-state index is 0.385. The molecule has 124 valence electrons. The highest BCUT2D eigenvalue weighted by Gasteiger charge is 2.27. The van der Waals surface area contributed by atoms with Crippen molar-refractivity contribution in [3.8, 4) is 0 Å². The molecule has 1 unspecified atom stereocenters. The summed E-state index contributed by atoms with van der Waals surface area (Å²) in [7, 11) is 3.97. The monoisotopic (exact) mass is 314 g/mol. The van der Waals surface area contributed by atoms with Gasteiger partial charge >= 0.3 is 0 Å². The summed E-state index contributed by atoms with van der Waals surface area (Å²) >= 11 is 0. The minimum absolute atomic E-state index is 0.385. The third kappa shape index (κ3) is 3.52. The maximum Gasteiger partial charge on any atom is 0.150 e. The van der Waals surface area contributed by atoms with Crippen LogP contribution in [-0.2, 0) is 6.54 Å². The summed E-state index contributed by atoms with van der Waals surface area (Å²) in [5.74, 6) is 0.904. The molecule has 0 saturated carbocycles. The topological polar surface area (TPSA) is 50.1 Å². The van der Waals surface area contributed by atoms with E-state index < -0.39 is 0 Å². The van der Waals surface area contributed by atoms with Crippen LogP contribution in [0.4, 0.5) is 5.82 Å². The summed E-state index contributed by atoms with van der Waals surface area (Å²) in [5, 5.41) is 13.3. The zero-order chi connectivity index (χ0) is 16.4. The van der Waals surface area contributed by atoms with E-state index in [4.69, 9.17) is 0 Å². The smallest absolute Gasteiger partial charge is 0.150 e. The molecule has 0 radical (unpaired) electrons. The molecule has 3 heterocycles. The molecule has 3 rings (SSSR count). The van der Waals surface area contributed by atoms with Gasteiger partial charge < -0.3 is 4.90 Å². The van der Waals surface area contributed by atoms with Crippen LogP contribution < -0.4 is 4.90 Å². The maximum atomic E-state index is 4.56. The van der Waals surface area contributed by atoms with Gasteiger partial charge in [0.15, 0.2) is 5.82 Å². The number of likely N-dealkylation sites (tertiary alicyclic amines) is 1. The average Bonchev–Trinajstić information content (AvgIpc) is 3.11. The minimum Gasteiger partial charge on any atom is -0.361 e. The van der Waals surface area contributed by atoms with Crippen molar-refractivity contribution in [1.82, 2.24) is 24.9 Å². The molecule has 0 aromatic carbocycles. The molecule has 23 heavy (non-hydrogen) atoms. The molecule has 6 nitrogen and oxygen atoms in total. The molecule has 1 aliphatic heterocycles. The molecule has 2 aromatic rings. The first-order valence-corrected chi connectivity index (χ1v) is 8.30. The Morgan fingerprint density at radius 2 is 2.00 bits per heavy atom. The van der Waals surface area contributed by atoms with Gasteiger partial charge in [-0.25, -0.2) is 0 Å². The third-order valence-corrected chi connectivity index (χ3v) is 4.54. The highest BCUT2D eigenvalue weighted by Crippen LogP contribution is 2.30. The van der Waals surface area contributed by atoms with Crippen LogP contribution in [0.2, 0.25) is 0 Å². The average molecular weight is 314 g/mol. The lowest BCUT2D eigenvalue weighted by Crippen LogP contribution is -2.28. The van der Waals surface area contributed by atoms with Gasteiger partial charge in [0, 0.05) is 26.3 Å². The van der Waals surface area contributed by atoms with Gasteiger partial charge in [-0.3, -0.25) is 9.58 Å². The van der Waals surface area contributed by atoms with Gasteiger partial charge in [-0.2, -0.15) is 10.2 Å². The molecule has 1 aliphatic rings. The Hall–Kier alpha value is -1.95. The fraction of sp³-hybridized carbons (Fsp3) is 0.588. The zero-order valence-corrected chi connectivity index (χ0v) is 14.5. The quantitative estimate of drug-likeness (QED) is 0.847. The summed E-state index contributed by atoms with van der Waals surface area (Å²) in [6.07, 6.45) is 2.38. The van der Waals surface area contributed by atoms with Crippen molar-refractivity contribution < 1.29 is 0 Å².